The number of anilines is 2. The molecule has 1 aromatic carbocycles. The van der Waals surface area contributed by atoms with E-state index in [2.05, 4.69) is 10.3 Å². The second kappa shape index (κ2) is 3.88. The molecule has 0 saturated carbocycles. The standard InChI is InChI=1S/C13H19N3O2/c1-12(2,13(3,4)17)16-11-15-9-6-5-8(14)7-10(9)18-11/h5-7,17H,14H2,1-4H3,(H,15,16). The fourth-order valence-electron chi connectivity index (χ4n) is 1.41. The first-order valence-electron chi connectivity index (χ1n) is 5.86. The van der Waals surface area contributed by atoms with Crippen LogP contribution in [0.3, 0.4) is 0 Å². The maximum Gasteiger partial charge on any atom is 0.296 e. The average molecular weight is 249 g/mol. The Labute approximate surface area is 106 Å². The molecule has 5 nitrogen and oxygen atoms in total. The largest absolute Gasteiger partial charge is 0.423 e. The summed E-state index contributed by atoms with van der Waals surface area (Å²) in [5.74, 6) is 0. The Balaban J connectivity index is 2.33. The fourth-order valence-corrected chi connectivity index (χ4v) is 1.41. The minimum atomic E-state index is -0.910. The number of rotatable bonds is 3. The number of nitrogens with two attached hydrogens (primary N) is 1. The molecule has 4 N–H and O–H groups in total. The van der Waals surface area contributed by atoms with E-state index in [0.29, 0.717) is 17.3 Å². The number of oxazole rings is 1. The van der Waals surface area contributed by atoms with Crippen LogP contribution >= 0.6 is 0 Å². The number of nitrogens with zero attached hydrogens (tertiary/aromatic N) is 1. The Morgan fingerprint density at radius 1 is 1.28 bits per heavy atom. The zero-order chi connectivity index (χ0) is 13.6. The molecule has 0 unspecified atom stereocenters. The van der Waals surface area contributed by atoms with E-state index in [1.807, 2.05) is 13.8 Å². The minimum Gasteiger partial charge on any atom is -0.423 e. The zero-order valence-electron chi connectivity index (χ0n) is 11.1. The van der Waals surface area contributed by atoms with Gasteiger partial charge in [0.15, 0.2) is 5.58 Å². The van der Waals surface area contributed by atoms with Crippen molar-refractivity contribution in [2.75, 3.05) is 11.1 Å². The Bertz CT molecular complexity index is 567. The normalized spacial score (nSPS) is 12.9. The van der Waals surface area contributed by atoms with E-state index in [9.17, 15) is 5.11 Å². The van der Waals surface area contributed by atoms with Crippen molar-refractivity contribution in [1.29, 1.82) is 0 Å². The second-order valence-corrected chi connectivity index (χ2v) is 5.56. The Morgan fingerprint density at radius 2 is 1.94 bits per heavy atom. The van der Waals surface area contributed by atoms with Crippen LogP contribution in [0.4, 0.5) is 11.7 Å². The van der Waals surface area contributed by atoms with Gasteiger partial charge in [0.05, 0.1) is 11.1 Å². The van der Waals surface area contributed by atoms with Crippen molar-refractivity contribution >= 4 is 22.8 Å². The Morgan fingerprint density at radius 3 is 2.56 bits per heavy atom. The summed E-state index contributed by atoms with van der Waals surface area (Å²) >= 11 is 0. The average Bonchev–Trinajstić information content (AvgIpc) is 2.56. The van der Waals surface area contributed by atoms with Crippen LogP contribution in [-0.4, -0.2) is 21.2 Å². The number of benzene rings is 1. The predicted octanol–water partition coefficient (Wildman–Crippen LogP) is 2.37. The van der Waals surface area contributed by atoms with E-state index in [1.165, 1.54) is 0 Å². The molecule has 2 aromatic rings. The smallest absolute Gasteiger partial charge is 0.296 e. The number of nitrogen functional groups attached to an aromatic ring is 1. The van der Waals surface area contributed by atoms with Crippen molar-refractivity contribution < 1.29 is 9.52 Å². The highest BCUT2D eigenvalue weighted by Gasteiger charge is 2.36. The topological polar surface area (TPSA) is 84.3 Å². The third kappa shape index (κ3) is 2.26. The molecular formula is C13H19N3O2. The van der Waals surface area contributed by atoms with Crippen molar-refractivity contribution in [3.05, 3.63) is 18.2 Å². The van der Waals surface area contributed by atoms with Gasteiger partial charge in [0.2, 0.25) is 0 Å². The summed E-state index contributed by atoms with van der Waals surface area (Å²) in [6, 6.07) is 5.68. The van der Waals surface area contributed by atoms with Gasteiger partial charge in [-0.1, -0.05) is 0 Å². The van der Waals surface area contributed by atoms with Crippen LogP contribution in [0.15, 0.2) is 22.6 Å². The van der Waals surface area contributed by atoms with Crippen molar-refractivity contribution in [2.24, 2.45) is 0 Å². The van der Waals surface area contributed by atoms with Crippen LogP contribution < -0.4 is 11.1 Å². The third-order valence-electron chi connectivity index (χ3n) is 3.36. The van der Waals surface area contributed by atoms with Crippen molar-refractivity contribution in [3.63, 3.8) is 0 Å². The van der Waals surface area contributed by atoms with Crippen LogP contribution in [-0.2, 0) is 0 Å². The van der Waals surface area contributed by atoms with E-state index in [0.717, 1.165) is 5.52 Å². The third-order valence-corrected chi connectivity index (χ3v) is 3.36. The summed E-state index contributed by atoms with van der Waals surface area (Å²) in [4.78, 5) is 4.31. The van der Waals surface area contributed by atoms with Gasteiger partial charge in [-0.15, -0.1) is 0 Å². The molecule has 0 radical (unpaired) electrons. The van der Waals surface area contributed by atoms with Crippen LogP contribution in [0.1, 0.15) is 27.7 Å². The molecule has 2 rings (SSSR count). The van der Waals surface area contributed by atoms with Crippen LogP contribution in [0.25, 0.3) is 11.1 Å². The van der Waals surface area contributed by atoms with Gasteiger partial charge in [-0.3, -0.25) is 0 Å². The minimum absolute atomic E-state index is 0.378. The number of hydrogen-bond donors (Lipinski definition) is 3. The highest BCUT2D eigenvalue weighted by atomic mass is 16.4. The van der Waals surface area contributed by atoms with E-state index >= 15 is 0 Å². The molecule has 1 aromatic heterocycles. The number of hydrogen-bond acceptors (Lipinski definition) is 5. The summed E-state index contributed by atoms with van der Waals surface area (Å²) in [6.07, 6.45) is 0. The molecule has 5 heteroatoms. The molecule has 1 heterocycles. The molecular weight excluding hydrogens is 230 g/mol. The molecule has 0 aliphatic heterocycles. The van der Waals surface area contributed by atoms with E-state index in [4.69, 9.17) is 10.2 Å². The van der Waals surface area contributed by atoms with Crippen LogP contribution in [0.5, 0.6) is 0 Å². The lowest BCUT2D eigenvalue weighted by atomic mass is 9.86. The molecule has 0 aliphatic carbocycles. The highest BCUT2D eigenvalue weighted by molar-refractivity contribution is 5.78. The Hall–Kier alpha value is -1.75. The SMILES string of the molecule is CC(C)(O)C(C)(C)Nc1nc2ccc(N)cc2o1. The summed E-state index contributed by atoms with van der Waals surface area (Å²) < 4.78 is 5.57. The molecule has 18 heavy (non-hydrogen) atoms. The van der Waals surface area contributed by atoms with E-state index in [1.54, 1.807) is 32.0 Å². The molecule has 0 aliphatic rings. The van der Waals surface area contributed by atoms with Gasteiger partial charge >= 0.3 is 0 Å². The second-order valence-electron chi connectivity index (χ2n) is 5.56. The lowest BCUT2D eigenvalue weighted by Crippen LogP contribution is -2.51. The first kappa shape index (κ1) is 12.7. The maximum absolute atomic E-state index is 10.1. The first-order valence-corrected chi connectivity index (χ1v) is 5.86. The van der Waals surface area contributed by atoms with Crippen molar-refractivity contribution in [2.45, 2.75) is 38.8 Å². The highest BCUT2D eigenvalue weighted by Crippen LogP contribution is 2.28. The van der Waals surface area contributed by atoms with Crippen molar-refractivity contribution in [1.82, 2.24) is 4.98 Å². The quantitative estimate of drug-likeness (QED) is 0.727. The number of fused-ring (bicyclic) bond motifs is 1. The van der Waals surface area contributed by atoms with Gasteiger partial charge in [0.25, 0.3) is 6.01 Å². The summed E-state index contributed by atoms with van der Waals surface area (Å²) in [5, 5.41) is 13.2. The molecule has 98 valence electrons. The molecule has 0 atom stereocenters. The Kier molecular flexibility index (Phi) is 2.74. The van der Waals surface area contributed by atoms with Gasteiger partial charge in [0, 0.05) is 11.8 Å². The predicted molar refractivity (Wildman–Crippen MR) is 72.4 cm³/mol. The molecule has 0 bridgehead atoms. The summed E-state index contributed by atoms with van der Waals surface area (Å²) in [7, 11) is 0. The number of nitrogens with one attached hydrogen (secondary N) is 1. The maximum atomic E-state index is 10.1. The lowest BCUT2D eigenvalue weighted by molar-refractivity contribution is 0.0230. The van der Waals surface area contributed by atoms with Crippen LogP contribution in [0.2, 0.25) is 0 Å². The number of aromatic nitrogens is 1. The lowest BCUT2D eigenvalue weighted by Gasteiger charge is -2.37. The molecule has 0 amide bonds. The van der Waals surface area contributed by atoms with Gasteiger partial charge in [-0.2, -0.15) is 4.98 Å². The summed E-state index contributed by atoms with van der Waals surface area (Å²) in [5.41, 5.74) is 6.20. The van der Waals surface area contributed by atoms with Crippen LogP contribution in [0, 0.1) is 0 Å². The molecule has 0 fully saturated rings. The fraction of sp³-hybridized carbons (Fsp3) is 0.462. The van der Waals surface area contributed by atoms with Gasteiger partial charge in [-0.25, -0.2) is 0 Å². The summed E-state index contributed by atoms with van der Waals surface area (Å²) in [6.45, 7) is 7.24. The van der Waals surface area contributed by atoms with Gasteiger partial charge in [-0.05, 0) is 39.8 Å². The first-order chi connectivity index (χ1) is 8.19. The number of aliphatic hydroxyl groups is 1. The van der Waals surface area contributed by atoms with Crippen molar-refractivity contribution in [3.8, 4) is 0 Å². The van der Waals surface area contributed by atoms with E-state index in [-0.39, 0.29) is 0 Å². The molecule has 0 saturated heterocycles. The zero-order valence-corrected chi connectivity index (χ0v) is 11.1. The van der Waals surface area contributed by atoms with E-state index < -0.39 is 11.1 Å². The van der Waals surface area contributed by atoms with Gasteiger partial charge in [0.1, 0.15) is 5.52 Å². The molecule has 0 spiro atoms. The van der Waals surface area contributed by atoms with Gasteiger partial charge < -0.3 is 20.6 Å². The monoisotopic (exact) mass is 249 g/mol.